The minimum Gasteiger partial charge on any atom is -0.508 e. The standard InChI is InChI=1S/C6H16N2.C6H6O/c1-2-3-4-5-6(7)8;7-6-4-2-1-3-5-6/h6H,2-5,7-8H2,1H3;1-5,7H. The smallest absolute Gasteiger partial charge is 0.115 e. The van der Waals surface area contributed by atoms with Gasteiger partial charge in [0.2, 0.25) is 0 Å². The predicted octanol–water partition coefficient (Wildman–Crippen LogP) is 2.20. The Morgan fingerprint density at radius 1 is 1.13 bits per heavy atom. The van der Waals surface area contributed by atoms with E-state index >= 15 is 0 Å². The van der Waals surface area contributed by atoms with Gasteiger partial charge in [0, 0.05) is 0 Å². The van der Waals surface area contributed by atoms with Gasteiger partial charge in [-0.15, -0.1) is 0 Å². The number of phenols is 1. The van der Waals surface area contributed by atoms with Gasteiger partial charge in [0.05, 0.1) is 6.17 Å². The lowest BCUT2D eigenvalue weighted by atomic mass is 10.2. The van der Waals surface area contributed by atoms with Gasteiger partial charge in [0.25, 0.3) is 0 Å². The van der Waals surface area contributed by atoms with Crippen LogP contribution in [-0.4, -0.2) is 11.3 Å². The van der Waals surface area contributed by atoms with Crippen LogP contribution >= 0.6 is 0 Å². The molecule has 86 valence electrons. The van der Waals surface area contributed by atoms with Crippen LogP contribution in [0.5, 0.6) is 5.75 Å². The molecule has 15 heavy (non-hydrogen) atoms. The number of benzene rings is 1. The molecule has 3 heteroatoms. The van der Waals surface area contributed by atoms with Crippen molar-refractivity contribution in [1.82, 2.24) is 0 Å². The van der Waals surface area contributed by atoms with Gasteiger partial charge in [-0.3, -0.25) is 0 Å². The van der Waals surface area contributed by atoms with E-state index in [9.17, 15) is 0 Å². The van der Waals surface area contributed by atoms with E-state index in [0.29, 0.717) is 5.75 Å². The van der Waals surface area contributed by atoms with E-state index < -0.39 is 0 Å². The summed E-state index contributed by atoms with van der Waals surface area (Å²) in [6.07, 6.45) is 4.54. The number of rotatable bonds is 4. The Bertz CT molecular complexity index is 224. The third-order valence-corrected chi connectivity index (χ3v) is 1.90. The van der Waals surface area contributed by atoms with E-state index in [1.807, 2.05) is 6.07 Å². The normalized spacial score (nSPS) is 9.60. The average Bonchev–Trinajstić information content (AvgIpc) is 2.20. The van der Waals surface area contributed by atoms with Gasteiger partial charge in [0.1, 0.15) is 5.75 Å². The first-order valence-electron chi connectivity index (χ1n) is 5.42. The van der Waals surface area contributed by atoms with E-state index in [0.717, 1.165) is 6.42 Å². The third kappa shape index (κ3) is 10.9. The van der Waals surface area contributed by atoms with Crippen molar-refractivity contribution in [1.29, 1.82) is 0 Å². The Balaban J connectivity index is 0.000000262. The summed E-state index contributed by atoms with van der Waals surface area (Å²) in [5.74, 6) is 0.322. The Morgan fingerprint density at radius 2 is 1.73 bits per heavy atom. The Labute approximate surface area is 92.1 Å². The van der Waals surface area contributed by atoms with Gasteiger partial charge in [-0.2, -0.15) is 0 Å². The molecular weight excluding hydrogens is 188 g/mol. The monoisotopic (exact) mass is 210 g/mol. The lowest BCUT2D eigenvalue weighted by Gasteiger charge is -2.01. The summed E-state index contributed by atoms with van der Waals surface area (Å²) in [6.45, 7) is 2.17. The second-order valence-corrected chi connectivity index (χ2v) is 3.50. The molecule has 0 saturated heterocycles. The highest BCUT2D eigenvalue weighted by Crippen LogP contribution is 2.02. The Morgan fingerprint density at radius 3 is 2.07 bits per heavy atom. The molecule has 0 aromatic heterocycles. The molecule has 0 spiro atoms. The molecule has 0 aliphatic carbocycles. The molecule has 0 heterocycles. The molecule has 1 rings (SSSR count). The van der Waals surface area contributed by atoms with Crippen molar-refractivity contribution in [3.05, 3.63) is 30.3 Å². The molecule has 0 saturated carbocycles. The second kappa shape index (κ2) is 9.49. The first kappa shape index (κ1) is 13.9. The molecule has 1 aromatic rings. The molecule has 0 unspecified atom stereocenters. The number of hydrogen-bond donors (Lipinski definition) is 3. The summed E-state index contributed by atoms with van der Waals surface area (Å²) in [6, 6.07) is 8.71. The first-order chi connectivity index (χ1) is 7.16. The fraction of sp³-hybridized carbons (Fsp3) is 0.500. The van der Waals surface area contributed by atoms with Crippen molar-refractivity contribution in [2.75, 3.05) is 0 Å². The van der Waals surface area contributed by atoms with Crippen molar-refractivity contribution in [3.63, 3.8) is 0 Å². The van der Waals surface area contributed by atoms with Crippen LogP contribution < -0.4 is 11.5 Å². The summed E-state index contributed by atoms with van der Waals surface area (Å²) in [7, 11) is 0. The lowest BCUT2D eigenvalue weighted by Crippen LogP contribution is -2.29. The molecule has 0 bridgehead atoms. The van der Waals surface area contributed by atoms with Crippen molar-refractivity contribution in [3.8, 4) is 5.75 Å². The van der Waals surface area contributed by atoms with E-state index in [1.54, 1.807) is 24.3 Å². The highest BCUT2D eigenvalue weighted by atomic mass is 16.3. The minimum atomic E-state index is -0.0958. The van der Waals surface area contributed by atoms with Crippen LogP contribution in [0.1, 0.15) is 32.6 Å². The van der Waals surface area contributed by atoms with Crippen LogP contribution in [0.2, 0.25) is 0 Å². The molecule has 0 aliphatic rings. The van der Waals surface area contributed by atoms with Crippen LogP contribution in [0.3, 0.4) is 0 Å². The Kier molecular flexibility index (Phi) is 8.82. The minimum absolute atomic E-state index is 0.0958. The summed E-state index contributed by atoms with van der Waals surface area (Å²) in [5.41, 5.74) is 10.6. The van der Waals surface area contributed by atoms with Crippen molar-refractivity contribution < 1.29 is 5.11 Å². The summed E-state index contributed by atoms with van der Waals surface area (Å²) in [4.78, 5) is 0. The molecule has 0 amide bonds. The SMILES string of the molecule is CCCCCC(N)N.Oc1ccccc1. The van der Waals surface area contributed by atoms with Gasteiger partial charge in [-0.1, -0.05) is 44.4 Å². The molecule has 3 nitrogen and oxygen atoms in total. The van der Waals surface area contributed by atoms with Crippen LogP contribution in [-0.2, 0) is 0 Å². The van der Waals surface area contributed by atoms with Gasteiger partial charge in [0.15, 0.2) is 0 Å². The summed E-state index contributed by atoms with van der Waals surface area (Å²) < 4.78 is 0. The maximum absolute atomic E-state index is 8.63. The van der Waals surface area contributed by atoms with E-state index in [4.69, 9.17) is 16.6 Å². The van der Waals surface area contributed by atoms with Gasteiger partial charge in [-0.25, -0.2) is 0 Å². The fourth-order valence-corrected chi connectivity index (χ4v) is 1.06. The van der Waals surface area contributed by atoms with Crippen LogP contribution in [0, 0.1) is 0 Å². The average molecular weight is 210 g/mol. The van der Waals surface area contributed by atoms with Crippen molar-refractivity contribution >= 4 is 0 Å². The zero-order valence-corrected chi connectivity index (χ0v) is 9.39. The van der Waals surface area contributed by atoms with Crippen molar-refractivity contribution in [2.24, 2.45) is 11.5 Å². The first-order valence-corrected chi connectivity index (χ1v) is 5.42. The zero-order valence-electron chi connectivity index (χ0n) is 9.39. The number of para-hydroxylation sites is 1. The third-order valence-electron chi connectivity index (χ3n) is 1.90. The summed E-state index contributed by atoms with van der Waals surface area (Å²) >= 11 is 0. The maximum atomic E-state index is 8.63. The fourth-order valence-electron chi connectivity index (χ4n) is 1.06. The zero-order chi connectivity index (χ0) is 11.5. The number of nitrogens with two attached hydrogens (primary N) is 2. The number of phenolic OH excluding ortho intramolecular Hbond substituents is 1. The van der Waals surface area contributed by atoms with Gasteiger partial charge in [-0.05, 0) is 18.6 Å². The van der Waals surface area contributed by atoms with E-state index in [1.165, 1.54) is 19.3 Å². The number of aromatic hydroxyl groups is 1. The Hall–Kier alpha value is -1.06. The number of hydrogen-bond acceptors (Lipinski definition) is 3. The molecular formula is C12H22N2O. The maximum Gasteiger partial charge on any atom is 0.115 e. The molecule has 1 aromatic carbocycles. The molecule has 0 aliphatic heterocycles. The predicted molar refractivity (Wildman–Crippen MR) is 64.4 cm³/mol. The van der Waals surface area contributed by atoms with Crippen molar-refractivity contribution in [2.45, 2.75) is 38.8 Å². The van der Waals surface area contributed by atoms with Crippen LogP contribution in [0.15, 0.2) is 30.3 Å². The molecule has 0 atom stereocenters. The number of unbranched alkanes of at least 4 members (excludes halogenated alkanes) is 2. The van der Waals surface area contributed by atoms with Gasteiger partial charge >= 0.3 is 0 Å². The molecule has 0 radical (unpaired) electrons. The largest absolute Gasteiger partial charge is 0.508 e. The van der Waals surface area contributed by atoms with Crippen LogP contribution in [0.4, 0.5) is 0 Å². The highest BCUT2D eigenvalue weighted by molar-refractivity contribution is 5.18. The van der Waals surface area contributed by atoms with E-state index in [2.05, 4.69) is 6.92 Å². The van der Waals surface area contributed by atoms with Gasteiger partial charge < -0.3 is 16.6 Å². The van der Waals surface area contributed by atoms with Crippen LogP contribution in [0.25, 0.3) is 0 Å². The molecule has 5 N–H and O–H groups in total. The quantitative estimate of drug-likeness (QED) is 0.527. The highest BCUT2D eigenvalue weighted by Gasteiger charge is 1.90. The summed E-state index contributed by atoms with van der Waals surface area (Å²) in [5, 5.41) is 8.63. The second-order valence-electron chi connectivity index (χ2n) is 3.50. The topological polar surface area (TPSA) is 72.3 Å². The van der Waals surface area contributed by atoms with E-state index in [-0.39, 0.29) is 6.17 Å². The lowest BCUT2D eigenvalue weighted by molar-refractivity contribution is 0.475. The molecule has 0 fully saturated rings.